The van der Waals surface area contributed by atoms with Gasteiger partial charge in [-0.15, -0.1) is 0 Å². The minimum absolute atomic E-state index is 0.119. The highest BCUT2D eigenvalue weighted by atomic mass is 31.2. The largest absolute Gasteiger partial charge is 0.464 e. The molecule has 3 unspecified atom stereocenters. The maximum atomic E-state index is 13.8. The van der Waals surface area contributed by atoms with Crippen LogP contribution in [-0.2, 0) is 23.4 Å². The summed E-state index contributed by atoms with van der Waals surface area (Å²) in [4.78, 5) is 38.2. The molecule has 1 aromatic heterocycles. The monoisotopic (exact) mass is 555 g/mol. The summed E-state index contributed by atoms with van der Waals surface area (Å²) in [7, 11) is -4.37. The van der Waals surface area contributed by atoms with Crippen LogP contribution in [0.15, 0.2) is 52.2 Å². The Morgan fingerprint density at radius 3 is 2.53 bits per heavy atom. The quantitative estimate of drug-likeness (QED) is 0.245. The SMILES string of the molecule is CC(NP(=O)(OCC1(O)CO[C@@H](n2ccc(=O)[nH]c2=O)[C@]1(C)O)Oc1ccccc1)C(=O)OCC(C)(C)C. The fourth-order valence-electron chi connectivity index (χ4n) is 3.51. The first-order valence-electron chi connectivity index (χ1n) is 11.9. The van der Waals surface area contributed by atoms with E-state index in [9.17, 15) is 29.2 Å². The van der Waals surface area contributed by atoms with E-state index in [4.69, 9.17) is 18.5 Å². The summed E-state index contributed by atoms with van der Waals surface area (Å²) in [6, 6.07) is 7.94. The molecule has 3 rings (SSSR count). The maximum absolute atomic E-state index is 13.8. The summed E-state index contributed by atoms with van der Waals surface area (Å²) >= 11 is 0. The Kier molecular flexibility index (Phi) is 8.71. The second-order valence-electron chi connectivity index (χ2n) is 10.6. The Balaban J connectivity index is 1.81. The molecular weight excluding hydrogens is 521 g/mol. The van der Waals surface area contributed by atoms with E-state index in [-0.39, 0.29) is 17.8 Å². The second kappa shape index (κ2) is 11.1. The minimum Gasteiger partial charge on any atom is -0.464 e. The van der Waals surface area contributed by atoms with Crippen LogP contribution in [0.2, 0.25) is 0 Å². The molecule has 210 valence electrons. The molecule has 38 heavy (non-hydrogen) atoms. The molecule has 13 nitrogen and oxygen atoms in total. The van der Waals surface area contributed by atoms with Gasteiger partial charge in [0.2, 0.25) is 0 Å². The first-order chi connectivity index (χ1) is 17.6. The van der Waals surface area contributed by atoms with Gasteiger partial charge < -0.3 is 24.2 Å². The van der Waals surface area contributed by atoms with Gasteiger partial charge in [0, 0.05) is 12.3 Å². The molecule has 0 aliphatic carbocycles. The maximum Gasteiger partial charge on any atom is 0.459 e. The lowest BCUT2D eigenvalue weighted by atomic mass is 9.86. The van der Waals surface area contributed by atoms with E-state index in [2.05, 4.69) is 5.09 Å². The van der Waals surface area contributed by atoms with Gasteiger partial charge in [0.15, 0.2) is 6.23 Å². The van der Waals surface area contributed by atoms with E-state index in [0.29, 0.717) is 0 Å². The Morgan fingerprint density at radius 1 is 1.26 bits per heavy atom. The number of aromatic nitrogens is 2. The molecular formula is C24H34N3O10P. The van der Waals surface area contributed by atoms with Crippen LogP contribution in [0.3, 0.4) is 0 Å². The van der Waals surface area contributed by atoms with E-state index in [1.54, 1.807) is 18.2 Å². The number of aliphatic hydroxyl groups is 2. The third-order valence-corrected chi connectivity index (χ3v) is 7.43. The van der Waals surface area contributed by atoms with Crippen LogP contribution in [-0.4, -0.2) is 62.8 Å². The third-order valence-electron chi connectivity index (χ3n) is 5.80. The first kappa shape index (κ1) is 29.8. The number of carbonyl (C=O) groups excluding carboxylic acids is 1. The van der Waals surface area contributed by atoms with Crippen molar-refractivity contribution in [2.45, 2.75) is 58.1 Å². The summed E-state index contributed by atoms with van der Waals surface area (Å²) in [5.74, 6) is -0.550. The fourth-order valence-corrected chi connectivity index (χ4v) is 5.05. The summed E-state index contributed by atoms with van der Waals surface area (Å²) in [5.41, 5.74) is -6.14. The zero-order valence-electron chi connectivity index (χ0n) is 21.9. The number of carbonyl (C=O) groups is 1. The molecule has 14 heteroatoms. The van der Waals surface area contributed by atoms with Crippen molar-refractivity contribution < 1.29 is 38.1 Å². The van der Waals surface area contributed by atoms with Crippen molar-refractivity contribution in [1.82, 2.24) is 14.6 Å². The number of nitrogens with one attached hydrogen (secondary N) is 2. The van der Waals surface area contributed by atoms with Gasteiger partial charge in [0.1, 0.15) is 23.0 Å². The average molecular weight is 556 g/mol. The number of benzene rings is 1. The van der Waals surface area contributed by atoms with Gasteiger partial charge in [-0.2, -0.15) is 5.09 Å². The molecule has 1 fully saturated rings. The third kappa shape index (κ3) is 6.99. The van der Waals surface area contributed by atoms with Crippen LogP contribution >= 0.6 is 7.75 Å². The van der Waals surface area contributed by atoms with Crippen molar-refractivity contribution in [1.29, 1.82) is 0 Å². The van der Waals surface area contributed by atoms with E-state index in [0.717, 1.165) is 16.8 Å². The lowest BCUT2D eigenvalue weighted by molar-refractivity contribution is -0.153. The molecule has 4 N–H and O–H groups in total. The van der Waals surface area contributed by atoms with Gasteiger partial charge in [-0.1, -0.05) is 39.0 Å². The normalized spacial score (nSPS) is 25.9. The highest BCUT2D eigenvalue weighted by molar-refractivity contribution is 7.52. The highest BCUT2D eigenvalue weighted by Gasteiger charge is 2.59. The van der Waals surface area contributed by atoms with Gasteiger partial charge in [-0.3, -0.25) is 23.7 Å². The van der Waals surface area contributed by atoms with Gasteiger partial charge in [0.25, 0.3) is 5.56 Å². The van der Waals surface area contributed by atoms with Crippen LogP contribution in [0.5, 0.6) is 5.75 Å². The van der Waals surface area contributed by atoms with Crippen molar-refractivity contribution >= 4 is 13.7 Å². The summed E-state index contributed by atoms with van der Waals surface area (Å²) in [6.07, 6.45) is -0.294. The molecule has 1 aliphatic rings. The lowest BCUT2D eigenvalue weighted by Gasteiger charge is -2.36. The predicted octanol–water partition coefficient (Wildman–Crippen LogP) is 1.32. The summed E-state index contributed by atoms with van der Waals surface area (Å²) < 4.78 is 36.5. The first-order valence-corrected chi connectivity index (χ1v) is 13.4. The molecule has 0 radical (unpaired) electrons. The smallest absolute Gasteiger partial charge is 0.459 e. The topological polar surface area (TPSA) is 178 Å². The molecule has 2 heterocycles. The number of hydrogen-bond donors (Lipinski definition) is 4. The zero-order chi connectivity index (χ0) is 28.4. The highest BCUT2D eigenvalue weighted by Crippen LogP contribution is 2.48. The molecule has 2 aromatic rings. The number of hydrogen-bond acceptors (Lipinski definition) is 10. The number of H-pyrrole nitrogens is 1. The summed E-state index contributed by atoms with van der Waals surface area (Å²) in [6.45, 7) is 7.08. The van der Waals surface area contributed by atoms with Gasteiger partial charge >= 0.3 is 19.4 Å². The van der Waals surface area contributed by atoms with Gasteiger partial charge in [-0.25, -0.2) is 9.36 Å². The molecule has 1 aromatic carbocycles. The minimum atomic E-state index is -4.37. The van der Waals surface area contributed by atoms with Crippen molar-refractivity contribution in [2.24, 2.45) is 5.41 Å². The number of rotatable bonds is 10. The molecule has 1 saturated heterocycles. The van der Waals surface area contributed by atoms with Crippen molar-refractivity contribution in [3.05, 3.63) is 63.4 Å². The number of aromatic amines is 1. The number of ether oxygens (including phenoxy) is 2. The standard InChI is InChI=1S/C24H34N3O10P/c1-16(19(29)34-13-22(2,3)4)26-38(33,37-17-9-7-6-8-10-17)36-15-24(32)14-35-20(23(24,5)31)27-12-11-18(28)25-21(27)30/h6-12,16,20,31-32H,13-15H2,1-5H3,(H,26,33)(H,25,28,30)/t16?,20-,23+,24?,38?/m1/s1. The number of para-hydroxylation sites is 1. The Morgan fingerprint density at radius 2 is 1.92 bits per heavy atom. The predicted molar refractivity (Wildman–Crippen MR) is 136 cm³/mol. The lowest BCUT2D eigenvalue weighted by Crippen LogP contribution is -2.57. The van der Waals surface area contributed by atoms with Crippen LogP contribution in [0.25, 0.3) is 0 Å². The van der Waals surface area contributed by atoms with E-state index < -0.39 is 61.7 Å². The van der Waals surface area contributed by atoms with Gasteiger partial charge in [-0.05, 0) is 31.4 Å². The molecule has 0 bridgehead atoms. The molecule has 1 aliphatic heterocycles. The molecule has 0 amide bonds. The number of nitrogens with zero attached hydrogens (tertiary/aromatic N) is 1. The number of esters is 1. The Hall–Kier alpha value is -2.80. The van der Waals surface area contributed by atoms with Crippen LogP contribution < -0.4 is 20.9 Å². The molecule has 5 atom stereocenters. The molecule has 0 spiro atoms. The van der Waals surface area contributed by atoms with Crippen LogP contribution in [0, 0.1) is 5.41 Å². The second-order valence-corrected chi connectivity index (χ2v) is 12.2. The van der Waals surface area contributed by atoms with E-state index in [1.165, 1.54) is 26.0 Å². The molecule has 0 saturated carbocycles. The average Bonchev–Trinajstić information content (AvgIpc) is 3.05. The van der Waals surface area contributed by atoms with Crippen LogP contribution in [0.1, 0.15) is 40.8 Å². The van der Waals surface area contributed by atoms with Crippen molar-refractivity contribution in [3.8, 4) is 5.75 Å². The van der Waals surface area contributed by atoms with Crippen LogP contribution in [0.4, 0.5) is 0 Å². The Labute approximate surface area is 219 Å². The fraction of sp³-hybridized carbons (Fsp3) is 0.542. The van der Waals surface area contributed by atoms with Crippen molar-refractivity contribution in [2.75, 3.05) is 19.8 Å². The zero-order valence-corrected chi connectivity index (χ0v) is 22.8. The summed E-state index contributed by atoms with van der Waals surface area (Å²) in [5, 5.41) is 25.0. The van der Waals surface area contributed by atoms with E-state index >= 15 is 0 Å². The Bertz CT molecular complexity index is 1290. The van der Waals surface area contributed by atoms with Gasteiger partial charge in [0.05, 0.1) is 19.8 Å². The van der Waals surface area contributed by atoms with E-state index in [1.807, 2.05) is 25.8 Å². The van der Waals surface area contributed by atoms with Crippen molar-refractivity contribution in [3.63, 3.8) is 0 Å².